The van der Waals surface area contributed by atoms with Gasteiger partial charge in [-0.25, -0.2) is 4.79 Å². The van der Waals surface area contributed by atoms with E-state index in [1.807, 2.05) is 6.92 Å². The van der Waals surface area contributed by atoms with Gasteiger partial charge in [0.05, 0.1) is 23.4 Å². The van der Waals surface area contributed by atoms with Gasteiger partial charge in [-0.2, -0.15) is 0 Å². The summed E-state index contributed by atoms with van der Waals surface area (Å²) in [4.78, 5) is 12.0. The van der Waals surface area contributed by atoms with Crippen LogP contribution < -0.4 is 15.4 Å². The summed E-state index contributed by atoms with van der Waals surface area (Å²) in [5.74, 6) is 0.445. The number of ether oxygens (including phenoxy) is 3. The van der Waals surface area contributed by atoms with Crippen molar-refractivity contribution in [2.45, 2.75) is 25.9 Å². The van der Waals surface area contributed by atoms with Crippen LogP contribution in [0.4, 0.5) is 10.5 Å². The first-order valence-corrected chi connectivity index (χ1v) is 8.24. The third-order valence-corrected chi connectivity index (χ3v) is 3.71. The van der Waals surface area contributed by atoms with Crippen molar-refractivity contribution in [3.05, 3.63) is 23.2 Å². The fourth-order valence-electron chi connectivity index (χ4n) is 2.28. The molecule has 128 valence electrons. The van der Waals surface area contributed by atoms with Crippen LogP contribution in [0.25, 0.3) is 0 Å². The van der Waals surface area contributed by atoms with E-state index in [1.165, 1.54) is 0 Å². The van der Waals surface area contributed by atoms with Crippen molar-refractivity contribution in [1.82, 2.24) is 5.32 Å². The standard InChI is InChI=1S/C16H23ClN2O4/c1-2-21-9-10-23-15-13(17)6-3-7-14(15)19-16(20)18-11-12-5-4-8-22-12/h3,6-7,12H,2,4-5,8-11H2,1H3,(H2,18,19,20)/t12-/m1/s1. The Kier molecular flexibility index (Phi) is 7.45. The van der Waals surface area contributed by atoms with Crippen molar-refractivity contribution in [2.75, 3.05) is 38.3 Å². The molecule has 23 heavy (non-hydrogen) atoms. The Balaban J connectivity index is 1.87. The van der Waals surface area contributed by atoms with Crippen LogP contribution in [0.1, 0.15) is 19.8 Å². The second-order valence-corrected chi connectivity index (χ2v) is 5.54. The van der Waals surface area contributed by atoms with E-state index in [1.54, 1.807) is 18.2 Å². The van der Waals surface area contributed by atoms with Gasteiger partial charge in [0.2, 0.25) is 0 Å². The van der Waals surface area contributed by atoms with E-state index in [2.05, 4.69) is 10.6 Å². The molecule has 2 rings (SSSR count). The van der Waals surface area contributed by atoms with Crippen molar-refractivity contribution >= 4 is 23.3 Å². The van der Waals surface area contributed by atoms with E-state index in [0.717, 1.165) is 19.4 Å². The first-order valence-electron chi connectivity index (χ1n) is 7.86. The van der Waals surface area contributed by atoms with Crippen molar-refractivity contribution < 1.29 is 19.0 Å². The van der Waals surface area contributed by atoms with Gasteiger partial charge < -0.3 is 24.8 Å². The molecule has 0 aromatic heterocycles. The molecule has 7 heteroatoms. The van der Waals surface area contributed by atoms with Crippen LogP contribution in [0.5, 0.6) is 5.75 Å². The van der Waals surface area contributed by atoms with E-state index in [-0.39, 0.29) is 12.1 Å². The van der Waals surface area contributed by atoms with Gasteiger partial charge in [0, 0.05) is 19.8 Å². The number of nitrogens with one attached hydrogen (secondary N) is 2. The second-order valence-electron chi connectivity index (χ2n) is 5.13. The minimum absolute atomic E-state index is 0.0991. The lowest BCUT2D eigenvalue weighted by molar-refractivity contribution is 0.110. The first-order chi connectivity index (χ1) is 11.2. The Morgan fingerprint density at radius 1 is 1.43 bits per heavy atom. The molecule has 1 aromatic rings. The predicted molar refractivity (Wildman–Crippen MR) is 89.4 cm³/mol. The van der Waals surface area contributed by atoms with E-state index in [9.17, 15) is 4.79 Å². The maximum absolute atomic E-state index is 12.0. The topological polar surface area (TPSA) is 68.8 Å². The molecule has 1 heterocycles. The van der Waals surface area contributed by atoms with Gasteiger partial charge in [-0.1, -0.05) is 17.7 Å². The SMILES string of the molecule is CCOCCOc1c(Cl)cccc1NC(=O)NC[C@H]1CCCO1. The molecule has 0 spiro atoms. The molecule has 0 aliphatic carbocycles. The highest BCUT2D eigenvalue weighted by atomic mass is 35.5. The molecule has 1 aliphatic rings. The lowest BCUT2D eigenvalue weighted by Crippen LogP contribution is -2.35. The van der Waals surface area contributed by atoms with Crippen LogP contribution in [0.15, 0.2) is 18.2 Å². The Bertz CT molecular complexity index is 507. The van der Waals surface area contributed by atoms with E-state index in [0.29, 0.717) is 42.8 Å². The van der Waals surface area contributed by atoms with E-state index in [4.69, 9.17) is 25.8 Å². The highest BCUT2D eigenvalue weighted by Crippen LogP contribution is 2.32. The molecule has 2 amide bonds. The number of carbonyl (C=O) groups is 1. The predicted octanol–water partition coefficient (Wildman–Crippen LogP) is 3.06. The molecule has 1 atom stereocenters. The quantitative estimate of drug-likeness (QED) is 0.712. The minimum Gasteiger partial charge on any atom is -0.487 e. The van der Waals surface area contributed by atoms with Crippen LogP contribution in [0.2, 0.25) is 5.02 Å². The molecular weight excluding hydrogens is 320 g/mol. The second kappa shape index (κ2) is 9.60. The molecule has 0 radical (unpaired) electrons. The molecule has 1 aliphatic heterocycles. The molecule has 1 saturated heterocycles. The van der Waals surface area contributed by atoms with Crippen molar-refractivity contribution in [3.8, 4) is 5.75 Å². The number of benzene rings is 1. The first kappa shape index (κ1) is 17.8. The third kappa shape index (κ3) is 5.89. The lowest BCUT2D eigenvalue weighted by Gasteiger charge is -2.15. The number of hydrogen-bond acceptors (Lipinski definition) is 4. The van der Waals surface area contributed by atoms with Gasteiger partial charge >= 0.3 is 6.03 Å². The summed E-state index contributed by atoms with van der Waals surface area (Å²) in [5.41, 5.74) is 0.527. The summed E-state index contributed by atoms with van der Waals surface area (Å²) in [7, 11) is 0. The average molecular weight is 343 g/mol. The minimum atomic E-state index is -0.308. The van der Waals surface area contributed by atoms with Gasteiger partial charge in [-0.05, 0) is 31.9 Å². The summed E-state index contributed by atoms with van der Waals surface area (Å²) < 4.78 is 16.3. The maximum Gasteiger partial charge on any atom is 0.319 e. The Morgan fingerprint density at radius 2 is 2.30 bits per heavy atom. The van der Waals surface area contributed by atoms with Crippen LogP contribution in [-0.4, -0.2) is 45.1 Å². The lowest BCUT2D eigenvalue weighted by atomic mass is 10.2. The van der Waals surface area contributed by atoms with Crippen molar-refractivity contribution in [3.63, 3.8) is 0 Å². The fourth-order valence-corrected chi connectivity index (χ4v) is 2.51. The maximum atomic E-state index is 12.0. The van der Waals surface area contributed by atoms with E-state index >= 15 is 0 Å². The van der Waals surface area contributed by atoms with Crippen LogP contribution in [0.3, 0.4) is 0 Å². The van der Waals surface area contributed by atoms with E-state index < -0.39 is 0 Å². The number of amides is 2. The van der Waals surface area contributed by atoms with Gasteiger partial charge in [0.25, 0.3) is 0 Å². The Labute approximate surface area is 141 Å². The van der Waals surface area contributed by atoms with Crippen LogP contribution in [0, 0.1) is 0 Å². The zero-order valence-electron chi connectivity index (χ0n) is 13.3. The molecule has 0 bridgehead atoms. The average Bonchev–Trinajstić information content (AvgIpc) is 3.05. The molecular formula is C16H23ClN2O4. The summed E-state index contributed by atoms with van der Waals surface area (Å²) in [6.07, 6.45) is 2.12. The monoisotopic (exact) mass is 342 g/mol. The number of urea groups is 1. The molecule has 1 fully saturated rings. The molecule has 2 N–H and O–H groups in total. The number of halogens is 1. The smallest absolute Gasteiger partial charge is 0.319 e. The number of hydrogen-bond donors (Lipinski definition) is 2. The number of anilines is 1. The summed E-state index contributed by atoms with van der Waals surface area (Å²) in [6.45, 7) is 4.63. The third-order valence-electron chi connectivity index (χ3n) is 3.41. The van der Waals surface area contributed by atoms with Crippen molar-refractivity contribution in [1.29, 1.82) is 0 Å². The zero-order chi connectivity index (χ0) is 16.5. The Morgan fingerprint density at radius 3 is 3.04 bits per heavy atom. The van der Waals surface area contributed by atoms with Crippen LogP contribution in [-0.2, 0) is 9.47 Å². The highest BCUT2D eigenvalue weighted by Gasteiger charge is 2.17. The largest absolute Gasteiger partial charge is 0.487 e. The number of rotatable bonds is 8. The van der Waals surface area contributed by atoms with Crippen LogP contribution >= 0.6 is 11.6 Å². The highest BCUT2D eigenvalue weighted by molar-refractivity contribution is 6.32. The van der Waals surface area contributed by atoms with Gasteiger partial charge in [-0.3, -0.25) is 0 Å². The zero-order valence-corrected chi connectivity index (χ0v) is 14.0. The van der Waals surface area contributed by atoms with Gasteiger partial charge in [0.1, 0.15) is 6.61 Å². The Hall–Kier alpha value is -1.50. The van der Waals surface area contributed by atoms with Gasteiger partial charge in [0.15, 0.2) is 5.75 Å². The number of para-hydroxylation sites is 1. The summed E-state index contributed by atoms with van der Waals surface area (Å²) in [6, 6.07) is 4.91. The fraction of sp³-hybridized carbons (Fsp3) is 0.562. The molecule has 0 saturated carbocycles. The molecule has 0 unspecified atom stereocenters. The normalized spacial score (nSPS) is 17.0. The van der Waals surface area contributed by atoms with Gasteiger partial charge in [-0.15, -0.1) is 0 Å². The number of carbonyl (C=O) groups excluding carboxylic acids is 1. The summed E-state index contributed by atoms with van der Waals surface area (Å²) in [5, 5.41) is 6.00. The van der Waals surface area contributed by atoms with Crippen molar-refractivity contribution in [2.24, 2.45) is 0 Å². The summed E-state index contributed by atoms with van der Waals surface area (Å²) >= 11 is 6.15. The molecule has 1 aromatic carbocycles. The molecule has 6 nitrogen and oxygen atoms in total.